The second-order valence-corrected chi connectivity index (χ2v) is 6.27. The molecule has 1 heterocycles. The van der Waals surface area contributed by atoms with E-state index in [9.17, 15) is 0 Å². The molecule has 0 bridgehead atoms. The van der Waals surface area contributed by atoms with E-state index in [1.165, 1.54) is 83.7 Å². The largest absolute Gasteiger partial charge is 0.300 e. The summed E-state index contributed by atoms with van der Waals surface area (Å²) >= 11 is 0. The van der Waals surface area contributed by atoms with Crippen molar-refractivity contribution in [2.75, 3.05) is 13.1 Å². The molecule has 0 spiro atoms. The molecule has 0 unspecified atom stereocenters. The molecule has 0 radical (unpaired) electrons. The van der Waals surface area contributed by atoms with Crippen molar-refractivity contribution < 1.29 is 0 Å². The molecule has 1 aliphatic heterocycles. The summed E-state index contributed by atoms with van der Waals surface area (Å²) in [5.41, 5.74) is 0. The van der Waals surface area contributed by atoms with Crippen molar-refractivity contribution in [2.45, 2.75) is 83.6 Å². The van der Waals surface area contributed by atoms with Gasteiger partial charge in [-0.05, 0) is 57.5 Å². The van der Waals surface area contributed by atoms with E-state index >= 15 is 0 Å². The van der Waals surface area contributed by atoms with Gasteiger partial charge in [0.1, 0.15) is 0 Å². The monoisotopic (exact) mass is 237 g/mol. The number of hydrogen-bond acceptors (Lipinski definition) is 1. The Morgan fingerprint density at radius 3 is 2.24 bits per heavy atom. The molecular formula is C16H31N. The maximum absolute atomic E-state index is 2.77. The Labute approximate surface area is 108 Å². The van der Waals surface area contributed by atoms with E-state index in [1.54, 1.807) is 0 Å². The second kappa shape index (κ2) is 7.41. The normalized spacial score (nSPS) is 30.9. The molecule has 1 saturated heterocycles. The second-order valence-electron chi connectivity index (χ2n) is 6.27. The van der Waals surface area contributed by atoms with E-state index < -0.39 is 0 Å². The van der Waals surface area contributed by atoms with Gasteiger partial charge in [0.2, 0.25) is 0 Å². The topological polar surface area (TPSA) is 3.24 Å². The minimum atomic E-state index is 0.962. The first-order valence-electron chi connectivity index (χ1n) is 8.14. The smallest absolute Gasteiger partial charge is 0.00954 e. The highest BCUT2D eigenvalue weighted by molar-refractivity contribution is 4.82. The van der Waals surface area contributed by atoms with Crippen molar-refractivity contribution in [2.24, 2.45) is 5.92 Å². The molecular weight excluding hydrogens is 206 g/mol. The SMILES string of the molecule is CCCCCCC1CCC(N2CCCC2)CC1. The van der Waals surface area contributed by atoms with Gasteiger partial charge in [-0.1, -0.05) is 39.0 Å². The van der Waals surface area contributed by atoms with Crippen molar-refractivity contribution in [3.05, 3.63) is 0 Å². The minimum absolute atomic E-state index is 0.962. The van der Waals surface area contributed by atoms with Gasteiger partial charge in [0.05, 0.1) is 0 Å². The standard InChI is InChI=1S/C16H31N/c1-2-3-4-5-8-15-9-11-16(12-10-15)17-13-6-7-14-17/h15-16H,2-14H2,1H3. The van der Waals surface area contributed by atoms with Crippen LogP contribution in [0.4, 0.5) is 0 Å². The third-order valence-electron chi connectivity index (χ3n) is 4.94. The lowest BCUT2D eigenvalue weighted by molar-refractivity contribution is 0.160. The summed E-state index contributed by atoms with van der Waals surface area (Å²) in [6.45, 7) is 5.10. The highest BCUT2D eigenvalue weighted by Gasteiger charge is 2.26. The van der Waals surface area contributed by atoms with Crippen LogP contribution in [0.15, 0.2) is 0 Å². The first-order chi connectivity index (χ1) is 8.40. The maximum Gasteiger partial charge on any atom is 0.00954 e. The molecule has 2 aliphatic rings. The fraction of sp³-hybridized carbons (Fsp3) is 1.00. The zero-order chi connectivity index (χ0) is 11.9. The molecule has 1 nitrogen and oxygen atoms in total. The van der Waals surface area contributed by atoms with Crippen LogP contribution in [-0.2, 0) is 0 Å². The molecule has 0 N–H and O–H groups in total. The predicted molar refractivity (Wildman–Crippen MR) is 75.3 cm³/mol. The van der Waals surface area contributed by atoms with Gasteiger partial charge >= 0.3 is 0 Å². The molecule has 17 heavy (non-hydrogen) atoms. The molecule has 100 valence electrons. The minimum Gasteiger partial charge on any atom is -0.300 e. The van der Waals surface area contributed by atoms with Crippen LogP contribution in [0.1, 0.15) is 77.6 Å². The zero-order valence-electron chi connectivity index (χ0n) is 11.8. The van der Waals surface area contributed by atoms with Crippen molar-refractivity contribution >= 4 is 0 Å². The lowest BCUT2D eigenvalue weighted by atomic mass is 9.82. The van der Waals surface area contributed by atoms with Crippen molar-refractivity contribution in [1.29, 1.82) is 0 Å². The Morgan fingerprint density at radius 1 is 0.882 bits per heavy atom. The van der Waals surface area contributed by atoms with E-state index in [-0.39, 0.29) is 0 Å². The third-order valence-corrected chi connectivity index (χ3v) is 4.94. The molecule has 1 saturated carbocycles. The van der Waals surface area contributed by atoms with Gasteiger partial charge in [0.15, 0.2) is 0 Å². The van der Waals surface area contributed by atoms with E-state index in [0.717, 1.165) is 12.0 Å². The Kier molecular flexibility index (Phi) is 5.84. The summed E-state index contributed by atoms with van der Waals surface area (Å²) in [7, 11) is 0. The summed E-state index contributed by atoms with van der Waals surface area (Å²) < 4.78 is 0. The zero-order valence-corrected chi connectivity index (χ0v) is 11.8. The van der Waals surface area contributed by atoms with Crippen LogP contribution in [-0.4, -0.2) is 24.0 Å². The Morgan fingerprint density at radius 2 is 1.59 bits per heavy atom. The average molecular weight is 237 g/mol. The van der Waals surface area contributed by atoms with E-state index in [0.29, 0.717) is 0 Å². The first kappa shape index (κ1) is 13.4. The van der Waals surface area contributed by atoms with Gasteiger partial charge in [0, 0.05) is 6.04 Å². The molecule has 0 amide bonds. The van der Waals surface area contributed by atoms with E-state index in [2.05, 4.69) is 11.8 Å². The number of rotatable bonds is 6. The van der Waals surface area contributed by atoms with Gasteiger partial charge < -0.3 is 4.90 Å². The molecule has 0 aromatic heterocycles. The van der Waals surface area contributed by atoms with Crippen molar-refractivity contribution in [3.8, 4) is 0 Å². The fourth-order valence-corrected chi connectivity index (χ4v) is 3.77. The van der Waals surface area contributed by atoms with E-state index in [4.69, 9.17) is 0 Å². The summed E-state index contributed by atoms with van der Waals surface area (Å²) in [6.07, 6.45) is 16.3. The van der Waals surface area contributed by atoms with Gasteiger partial charge in [-0.25, -0.2) is 0 Å². The average Bonchev–Trinajstić information content (AvgIpc) is 2.89. The van der Waals surface area contributed by atoms with Crippen molar-refractivity contribution in [1.82, 2.24) is 4.90 Å². The number of hydrogen-bond donors (Lipinski definition) is 0. The summed E-state index contributed by atoms with van der Waals surface area (Å²) in [4.78, 5) is 2.77. The van der Waals surface area contributed by atoms with Crippen LogP contribution < -0.4 is 0 Å². The Balaban J connectivity index is 1.57. The van der Waals surface area contributed by atoms with Gasteiger partial charge in [-0.2, -0.15) is 0 Å². The number of nitrogens with zero attached hydrogens (tertiary/aromatic N) is 1. The molecule has 2 rings (SSSR count). The van der Waals surface area contributed by atoms with E-state index in [1.807, 2.05) is 0 Å². The van der Waals surface area contributed by atoms with Crippen LogP contribution in [0.5, 0.6) is 0 Å². The third kappa shape index (κ3) is 4.28. The summed E-state index contributed by atoms with van der Waals surface area (Å²) in [6, 6.07) is 0.962. The predicted octanol–water partition coefficient (Wildman–Crippen LogP) is 4.61. The Hall–Kier alpha value is -0.0400. The van der Waals surface area contributed by atoms with Crippen LogP contribution >= 0.6 is 0 Å². The number of likely N-dealkylation sites (tertiary alicyclic amines) is 1. The molecule has 1 heteroatoms. The maximum atomic E-state index is 2.77. The number of unbranched alkanes of at least 4 members (excludes halogenated alkanes) is 3. The van der Waals surface area contributed by atoms with Crippen LogP contribution in [0, 0.1) is 5.92 Å². The van der Waals surface area contributed by atoms with Crippen molar-refractivity contribution in [3.63, 3.8) is 0 Å². The van der Waals surface area contributed by atoms with Crippen LogP contribution in [0.25, 0.3) is 0 Å². The highest BCUT2D eigenvalue weighted by Crippen LogP contribution is 2.32. The van der Waals surface area contributed by atoms with Crippen LogP contribution in [0.2, 0.25) is 0 Å². The lowest BCUT2D eigenvalue weighted by Crippen LogP contribution is -2.35. The first-order valence-corrected chi connectivity index (χ1v) is 8.14. The van der Waals surface area contributed by atoms with Gasteiger partial charge in [-0.3, -0.25) is 0 Å². The lowest BCUT2D eigenvalue weighted by Gasteiger charge is -2.34. The quantitative estimate of drug-likeness (QED) is 0.610. The molecule has 0 aromatic rings. The van der Waals surface area contributed by atoms with Crippen LogP contribution in [0.3, 0.4) is 0 Å². The Bertz CT molecular complexity index is 188. The highest BCUT2D eigenvalue weighted by atomic mass is 15.2. The van der Waals surface area contributed by atoms with Gasteiger partial charge in [-0.15, -0.1) is 0 Å². The molecule has 0 aromatic carbocycles. The molecule has 2 fully saturated rings. The fourth-order valence-electron chi connectivity index (χ4n) is 3.77. The molecule has 0 atom stereocenters. The summed E-state index contributed by atoms with van der Waals surface area (Å²) in [5.74, 6) is 1.07. The molecule has 1 aliphatic carbocycles. The summed E-state index contributed by atoms with van der Waals surface area (Å²) in [5, 5.41) is 0. The van der Waals surface area contributed by atoms with Gasteiger partial charge in [0.25, 0.3) is 0 Å².